The number of benzene rings is 1. The van der Waals surface area contributed by atoms with Crippen molar-refractivity contribution < 1.29 is 9.90 Å². The molecule has 2 rings (SSSR count). The Hall–Kier alpha value is -2.37. The molecule has 1 heterocycles. The zero-order valence-electron chi connectivity index (χ0n) is 10.2. The van der Waals surface area contributed by atoms with Gasteiger partial charge in [-0.15, -0.1) is 0 Å². The Bertz CT molecular complexity index is 547. The Balaban J connectivity index is 2.07. The maximum Gasteiger partial charge on any atom is 0.254 e. The molecule has 0 spiro atoms. The van der Waals surface area contributed by atoms with Crippen molar-refractivity contribution in [2.45, 2.75) is 13.5 Å². The zero-order valence-corrected chi connectivity index (χ0v) is 10.2. The van der Waals surface area contributed by atoms with Crippen LogP contribution in [0.4, 0.5) is 0 Å². The summed E-state index contributed by atoms with van der Waals surface area (Å²) in [6.07, 6.45) is 0. The van der Waals surface area contributed by atoms with Crippen molar-refractivity contribution in [3.05, 3.63) is 41.5 Å². The number of amides is 1. The second-order valence-electron chi connectivity index (χ2n) is 4.05. The highest BCUT2D eigenvalue weighted by Crippen LogP contribution is 2.12. The molecule has 1 aromatic carbocycles. The summed E-state index contributed by atoms with van der Waals surface area (Å²) < 4.78 is 0. The van der Waals surface area contributed by atoms with Crippen LogP contribution in [0.5, 0.6) is 5.75 Å². The first-order valence-corrected chi connectivity index (χ1v) is 5.48. The van der Waals surface area contributed by atoms with Gasteiger partial charge in [0.25, 0.3) is 5.91 Å². The van der Waals surface area contributed by atoms with Crippen molar-refractivity contribution in [2.75, 3.05) is 7.05 Å². The molecule has 6 heteroatoms. The lowest BCUT2D eigenvalue weighted by Crippen LogP contribution is -2.26. The molecule has 0 aliphatic heterocycles. The standard InChI is InChI=1S/C12H14N4O2/c1-8-13-11(15-14-8)7-16(2)12(18)9-3-5-10(17)6-4-9/h3-6,17H,7H2,1-2H3,(H,13,14,15). The first kappa shape index (κ1) is 12.1. The van der Waals surface area contributed by atoms with Gasteiger partial charge in [0, 0.05) is 12.6 Å². The van der Waals surface area contributed by atoms with Crippen molar-refractivity contribution in [1.29, 1.82) is 0 Å². The molecule has 1 aromatic heterocycles. The van der Waals surface area contributed by atoms with Gasteiger partial charge in [-0.2, -0.15) is 5.10 Å². The highest BCUT2D eigenvalue weighted by Gasteiger charge is 2.13. The van der Waals surface area contributed by atoms with Crippen LogP contribution < -0.4 is 0 Å². The maximum absolute atomic E-state index is 12.0. The molecule has 18 heavy (non-hydrogen) atoms. The predicted molar refractivity (Wildman–Crippen MR) is 65.0 cm³/mol. The van der Waals surface area contributed by atoms with Gasteiger partial charge in [0.15, 0.2) is 5.82 Å². The van der Waals surface area contributed by atoms with Gasteiger partial charge in [0.05, 0.1) is 6.54 Å². The van der Waals surface area contributed by atoms with E-state index in [0.717, 1.165) is 5.82 Å². The van der Waals surface area contributed by atoms with Gasteiger partial charge >= 0.3 is 0 Å². The van der Waals surface area contributed by atoms with E-state index in [1.165, 1.54) is 17.0 Å². The number of nitrogens with zero attached hydrogens (tertiary/aromatic N) is 3. The zero-order chi connectivity index (χ0) is 13.1. The second kappa shape index (κ2) is 4.87. The number of H-pyrrole nitrogens is 1. The molecule has 0 fully saturated rings. The smallest absolute Gasteiger partial charge is 0.254 e. The molecular formula is C12H14N4O2. The Kier molecular flexibility index (Phi) is 3.27. The van der Waals surface area contributed by atoms with Gasteiger partial charge < -0.3 is 10.0 Å². The summed E-state index contributed by atoms with van der Waals surface area (Å²) in [6, 6.07) is 6.13. The van der Waals surface area contributed by atoms with E-state index in [-0.39, 0.29) is 11.7 Å². The molecule has 0 radical (unpaired) electrons. The molecule has 94 valence electrons. The van der Waals surface area contributed by atoms with Crippen LogP contribution in [0, 0.1) is 6.92 Å². The summed E-state index contributed by atoms with van der Waals surface area (Å²) >= 11 is 0. The minimum atomic E-state index is -0.141. The van der Waals surface area contributed by atoms with Gasteiger partial charge in [-0.1, -0.05) is 0 Å². The Labute approximate surface area is 104 Å². The lowest BCUT2D eigenvalue weighted by molar-refractivity contribution is 0.0781. The van der Waals surface area contributed by atoms with E-state index < -0.39 is 0 Å². The third-order valence-corrected chi connectivity index (χ3v) is 2.48. The fraction of sp³-hybridized carbons (Fsp3) is 0.250. The predicted octanol–water partition coefficient (Wildman–Crippen LogP) is 1.09. The molecule has 0 unspecified atom stereocenters. The first-order chi connectivity index (χ1) is 8.56. The molecule has 0 aliphatic rings. The van der Waals surface area contributed by atoms with E-state index in [9.17, 15) is 4.79 Å². The number of carbonyl (C=O) groups is 1. The van der Waals surface area contributed by atoms with E-state index in [2.05, 4.69) is 15.2 Å². The van der Waals surface area contributed by atoms with Crippen molar-refractivity contribution in [3.8, 4) is 5.75 Å². The average Bonchev–Trinajstić information content (AvgIpc) is 2.75. The molecule has 6 nitrogen and oxygen atoms in total. The number of aromatic hydroxyl groups is 1. The number of aryl methyl sites for hydroxylation is 1. The van der Waals surface area contributed by atoms with Gasteiger partial charge in [-0.3, -0.25) is 9.89 Å². The van der Waals surface area contributed by atoms with Gasteiger partial charge in [-0.25, -0.2) is 4.98 Å². The number of phenols is 1. The van der Waals surface area contributed by atoms with Crippen LogP contribution in [-0.2, 0) is 6.54 Å². The summed E-state index contributed by atoms with van der Waals surface area (Å²) in [5.41, 5.74) is 0.516. The summed E-state index contributed by atoms with van der Waals surface area (Å²) in [4.78, 5) is 17.7. The largest absolute Gasteiger partial charge is 0.508 e. The van der Waals surface area contributed by atoms with Crippen LogP contribution in [0.15, 0.2) is 24.3 Å². The number of hydrogen-bond acceptors (Lipinski definition) is 4. The highest BCUT2D eigenvalue weighted by molar-refractivity contribution is 5.94. The minimum absolute atomic E-state index is 0.138. The molecule has 2 N–H and O–H groups in total. The first-order valence-electron chi connectivity index (χ1n) is 5.48. The quantitative estimate of drug-likeness (QED) is 0.849. The van der Waals surface area contributed by atoms with E-state index in [0.29, 0.717) is 17.9 Å². The fourth-order valence-electron chi connectivity index (χ4n) is 1.57. The summed E-state index contributed by atoms with van der Waals surface area (Å²) in [5, 5.41) is 15.9. The monoisotopic (exact) mass is 246 g/mol. The highest BCUT2D eigenvalue weighted by atomic mass is 16.3. The van der Waals surface area contributed by atoms with Crippen LogP contribution in [-0.4, -0.2) is 38.1 Å². The molecule has 1 amide bonds. The van der Waals surface area contributed by atoms with Crippen LogP contribution in [0.3, 0.4) is 0 Å². The van der Waals surface area contributed by atoms with Gasteiger partial charge in [-0.05, 0) is 31.2 Å². The van der Waals surface area contributed by atoms with E-state index in [4.69, 9.17) is 5.11 Å². The third kappa shape index (κ3) is 2.65. The normalized spacial score (nSPS) is 10.3. The third-order valence-electron chi connectivity index (χ3n) is 2.48. The summed E-state index contributed by atoms with van der Waals surface area (Å²) in [6.45, 7) is 2.14. The second-order valence-corrected chi connectivity index (χ2v) is 4.05. The number of hydrogen-bond donors (Lipinski definition) is 2. The SMILES string of the molecule is Cc1nc(CN(C)C(=O)c2ccc(O)cc2)n[nH]1. The van der Waals surface area contributed by atoms with E-state index in [1.807, 2.05) is 0 Å². The van der Waals surface area contributed by atoms with Crippen LogP contribution >= 0.6 is 0 Å². The van der Waals surface area contributed by atoms with Crippen molar-refractivity contribution >= 4 is 5.91 Å². The van der Waals surface area contributed by atoms with Gasteiger partial charge in [0.2, 0.25) is 0 Å². The van der Waals surface area contributed by atoms with Crippen molar-refractivity contribution in [1.82, 2.24) is 20.1 Å². The topological polar surface area (TPSA) is 82.1 Å². The maximum atomic E-state index is 12.0. The summed E-state index contributed by atoms with van der Waals surface area (Å²) in [5.74, 6) is 1.29. The fourth-order valence-corrected chi connectivity index (χ4v) is 1.57. The number of phenolic OH excluding ortho intramolecular Hbond substituents is 1. The van der Waals surface area contributed by atoms with E-state index >= 15 is 0 Å². The Morgan fingerprint density at radius 3 is 2.61 bits per heavy atom. The van der Waals surface area contributed by atoms with Gasteiger partial charge in [0.1, 0.15) is 11.6 Å². The molecular weight excluding hydrogens is 232 g/mol. The number of nitrogens with one attached hydrogen (secondary N) is 1. The number of rotatable bonds is 3. The minimum Gasteiger partial charge on any atom is -0.508 e. The molecule has 0 atom stereocenters. The molecule has 0 aliphatic carbocycles. The lowest BCUT2D eigenvalue weighted by Gasteiger charge is -2.15. The Morgan fingerprint density at radius 1 is 1.39 bits per heavy atom. The molecule has 2 aromatic rings. The van der Waals surface area contributed by atoms with Crippen LogP contribution in [0.1, 0.15) is 22.0 Å². The summed E-state index contributed by atoms with van der Waals surface area (Å²) in [7, 11) is 1.68. The number of aromatic amines is 1. The molecule has 0 bridgehead atoms. The van der Waals surface area contributed by atoms with Crippen LogP contribution in [0.25, 0.3) is 0 Å². The number of aromatic nitrogens is 3. The van der Waals surface area contributed by atoms with Crippen molar-refractivity contribution in [3.63, 3.8) is 0 Å². The molecule has 0 saturated heterocycles. The lowest BCUT2D eigenvalue weighted by atomic mass is 10.2. The molecule has 0 saturated carbocycles. The Morgan fingerprint density at radius 2 is 2.06 bits per heavy atom. The van der Waals surface area contributed by atoms with Crippen LogP contribution in [0.2, 0.25) is 0 Å². The van der Waals surface area contributed by atoms with E-state index in [1.54, 1.807) is 26.1 Å². The average molecular weight is 246 g/mol. The number of carbonyl (C=O) groups excluding carboxylic acids is 1. The van der Waals surface area contributed by atoms with Crippen molar-refractivity contribution in [2.24, 2.45) is 0 Å².